The summed E-state index contributed by atoms with van der Waals surface area (Å²) < 4.78 is 26.5. The molecule has 0 spiro atoms. The molecule has 2 amide bonds. The highest BCUT2D eigenvalue weighted by Gasteiger charge is 2.31. The zero-order valence-corrected chi connectivity index (χ0v) is 19.6. The van der Waals surface area contributed by atoms with Crippen molar-refractivity contribution in [2.45, 2.75) is 25.8 Å². The number of hydrogen-bond donors (Lipinski definition) is 2. The quantitative estimate of drug-likeness (QED) is 0.582. The van der Waals surface area contributed by atoms with Gasteiger partial charge < -0.3 is 14.8 Å². The molecule has 0 aliphatic carbocycles. The number of rotatable bonds is 9. The maximum absolute atomic E-state index is 13.0. The molecule has 1 fully saturated rings. The Bertz CT molecular complexity index is 1010. The van der Waals surface area contributed by atoms with Crippen LogP contribution >= 0.6 is 11.8 Å². The number of fused-ring (bicyclic) bond motifs is 1. The number of aromatic nitrogens is 1. The summed E-state index contributed by atoms with van der Waals surface area (Å²) in [5.41, 5.74) is 1.97. The van der Waals surface area contributed by atoms with Crippen LogP contribution in [0, 0.1) is 0 Å². The second-order valence-corrected chi connectivity index (χ2v) is 10.6. The van der Waals surface area contributed by atoms with Crippen molar-refractivity contribution in [3.8, 4) is 0 Å². The van der Waals surface area contributed by atoms with E-state index in [9.17, 15) is 18.0 Å². The van der Waals surface area contributed by atoms with Gasteiger partial charge in [0.15, 0.2) is 0 Å². The fourth-order valence-electron chi connectivity index (χ4n) is 3.72. The summed E-state index contributed by atoms with van der Waals surface area (Å²) in [5, 5.41) is 1.05. The number of amides is 2. The lowest BCUT2D eigenvalue weighted by molar-refractivity contribution is -0.140. The van der Waals surface area contributed by atoms with Gasteiger partial charge in [0, 0.05) is 43.3 Å². The summed E-state index contributed by atoms with van der Waals surface area (Å²) in [4.78, 5) is 32.4. The van der Waals surface area contributed by atoms with Crippen molar-refractivity contribution >= 4 is 44.5 Å². The molecule has 3 rings (SSSR count). The fraction of sp³-hybridized carbons (Fsp3) is 0.524. The van der Waals surface area contributed by atoms with Crippen LogP contribution in [0.3, 0.4) is 0 Å². The SMILES string of the molecule is CCS(=O)(=O)NC(CCSC)C(=O)N1CCN(C(=O)Cc2c[nH]c3ccccc23)CC1. The van der Waals surface area contributed by atoms with Gasteiger partial charge in [-0.25, -0.2) is 13.1 Å². The van der Waals surface area contributed by atoms with Gasteiger partial charge in [-0.1, -0.05) is 18.2 Å². The Morgan fingerprint density at radius 1 is 1.16 bits per heavy atom. The van der Waals surface area contributed by atoms with Crippen LogP contribution in [0.25, 0.3) is 10.9 Å². The van der Waals surface area contributed by atoms with Gasteiger partial charge >= 0.3 is 0 Å². The smallest absolute Gasteiger partial charge is 0.240 e. The molecule has 2 aromatic rings. The average molecular weight is 467 g/mol. The first kappa shape index (κ1) is 23.6. The molecule has 1 atom stereocenters. The second kappa shape index (κ2) is 10.5. The van der Waals surface area contributed by atoms with E-state index in [2.05, 4.69) is 9.71 Å². The number of para-hydroxylation sites is 1. The first-order valence-corrected chi connectivity index (χ1v) is 13.5. The monoisotopic (exact) mass is 466 g/mol. The zero-order chi connectivity index (χ0) is 22.4. The summed E-state index contributed by atoms with van der Waals surface area (Å²) in [6, 6.07) is 7.12. The van der Waals surface area contributed by atoms with Crippen molar-refractivity contribution in [2.75, 3.05) is 43.9 Å². The number of sulfonamides is 1. The van der Waals surface area contributed by atoms with Crippen LogP contribution in [0.2, 0.25) is 0 Å². The topological polar surface area (TPSA) is 103 Å². The number of thioether (sulfide) groups is 1. The van der Waals surface area contributed by atoms with E-state index < -0.39 is 16.1 Å². The van der Waals surface area contributed by atoms with Crippen LogP contribution in [-0.2, 0) is 26.0 Å². The van der Waals surface area contributed by atoms with Gasteiger partial charge in [0.2, 0.25) is 21.8 Å². The molecule has 31 heavy (non-hydrogen) atoms. The maximum Gasteiger partial charge on any atom is 0.240 e. The second-order valence-electron chi connectivity index (χ2n) is 7.60. The molecule has 8 nitrogen and oxygen atoms in total. The lowest BCUT2D eigenvalue weighted by Gasteiger charge is -2.36. The minimum absolute atomic E-state index is 0.0301. The predicted molar refractivity (Wildman–Crippen MR) is 125 cm³/mol. The molecule has 1 aromatic heterocycles. The van der Waals surface area contributed by atoms with E-state index in [-0.39, 0.29) is 17.6 Å². The molecule has 1 aliphatic heterocycles. The molecule has 2 heterocycles. The maximum atomic E-state index is 13.0. The van der Waals surface area contributed by atoms with E-state index in [1.165, 1.54) is 0 Å². The summed E-state index contributed by atoms with van der Waals surface area (Å²) in [5.74, 6) is 0.440. The van der Waals surface area contributed by atoms with Crippen LogP contribution in [-0.4, -0.2) is 85.0 Å². The molecular weight excluding hydrogens is 436 g/mol. The summed E-state index contributed by atoms with van der Waals surface area (Å²) in [7, 11) is -3.48. The van der Waals surface area contributed by atoms with Crippen LogP contribution in [0.1, 0.15) is 18.9 Å². The van der Waals surface area contributed by atoms with Crippen molar-refractivity contribution in [1.29, 1.82) is 0 Å². The van der Waals surface area contributed by atoms with E-state index in [0.717, 1.165) is 16.5 Å². The van der Waals surface area contributed by atoms with E-state index in [1.807, 2.05) is 36.7 Å². The Kier molecular flexibility index (Phi) is 8.01. The van der Waals surface area contributed by atoms with Crippen molar-refractivity contribution < 1.29 is 18.0 Å². The number of carbonyl (C=O) groups excluding carboxylic acids is 2. The molecule has 170 valence electrons. The number of piperazine rings is 1. The highest BCUT2D eigenvalue weighted by Crippen LogP contribution is 2.19. The van der Waals surface area contributed by atoms with Gasteiger partial charge in [-0.15, -0.1) is 0 Å². The molecule has 1 aromatic carbocycles. The standard InChI is InChI=1S/C21H30N4O4S2/c1-3-31(28,29)23-19(8-13-30-2)21(27)25-11-9-24(10-12-25)20(26)14-16-15-22-18-7-5-4-6-17(16)18/h4-7,15,19,22-23H,3,8-14H2,1-2H3. The largest absolute Gasteiger partial charge is 0.361 e. The third-order valence-electron chi connectivity index (χ3n) is 5.57. The molecule has 0 saturated carbocycles. The summed E-state index contributed by atoms with van der Waals surface area (Å²) in [6.45, 7) is 3.26. The lowest BCUT2D eigenvalue weighted by atomic mass is 10.1. The van der Waals surface area contributed by atoms with Crippen molar-refractivity contribution in [1.82, 2.24) is 19.5 Å². The lowest BCUT2D eigenvalue weighted by Crippen LogP contribution is -2.56. The Balaban J connectivity index is 1.58. The molecule has 0 bridgehead atoms. The van der Waals surface area contributed by atoms with Gasteiger partial charge in [0.25, 0.3) is 0 Å². The fourth-order valence-corrected chi connectivity index (χ4v) is 5.01. The third-order valence-corrected chi connectivity index (χ3v) is 7.62. The zero-order valence-electron chi connectivity index (χ0n) is 18.0. The number of carbonyl (C=O) groups is 2. The Morgan fingerprint density at radius 2 is 1.84 bits per heavy atom. The average Bonchev–Trinajstić information content (AvgIpc) is 3.19. The number of nitrogens with zero attached hydrogens (tertiary/aromatic N) is 2. The predicted octanol–water partition coefficient (Wildman–Crippen LogP) is 1.44. The first-order chi connectivity index (χ1) is 14.8. The molecule has 2 N–H and O–H groups in total. The van der Waals surface area contributed by atoms with Crippen LogP contribution in [0.5, 0.6) is 0 Å². The summed E-state index contributed by atoms with van der Waals surface area (Å²) >= 11 is 1.57. The van der Waals surface area contributed by atoms with Gasteiger partial charge in [0.05, 0.1) is 12.2 Å². The minimum atomic E-state index is -3.48. The van der Waals surface area contributed by atoms with Gasteiger partial charge in [-0.2, -0.15) is 11.8 Å². The van der Waals surface area contributed by atoms with Crippen LogP contribution in [0.15, 0.2) is 30.5 Å². The molecule has 1 saturated heterocycles. The Hall–Kier alpha value is -2.04. The van der Waals surface area contributed by atoms with Gasteiger partial charge in [0.1, 0.15) is 6.04 Å². The van der Waals surface area contributed by atoms with E-state index in [4.69, 9.17) is 0 Å². The van der Waals surface area contributed by atoms with E-state index in [0.29, 0.717) is 44.8 Å². The molecular formula is C21H30N4O4S2. The number of benzene rings is 1. The number of H-pyrrole nitrogens is 1. The molecule has 1 unspecified atom stereocenters. The number of hydrogen-bond acceptors (Lipinski definition) is 5. The van der Waals surface area contributed by atoms with Gasteiger partial charge in [-0.05, 0) is 37.0 Å². The third kappa shape index (κ3) is 6.02. The van der Waals surface area contributed by atoms with Crippen LogP contribution in [0.4, 0.5) is 0 Å². The Morgan fingerprint density at radius 3 is 2.52 bits per heavy atom. The van der Waals surface area contributed by atoms with Crippen molar-refractivity contribution in [3.05, 3.63) is 36.0 Å². The highest BCUT2D eigenvalue weighted by molar-refractivity contribution is 7.98. The van der Waals surface area contributed by atoms with Crippen molar-refractivity contribution in [3.63, 3.8) is 0 Å². The first-order valence-electron chi connectivity index (χ1n) is 10.4. The number of nitrogens with one attached hydrogen (secondary N) is 2. The molecule has 1 aliphatic rings. The van der Waals surface area contributed by atoms with Gasteiger partial charge in [-0.3, -0.25) is 9.59 Å². The van der Waals surface area contributed by atoms with Crippen molar-refractivity contribution in [2.24, 2.45) is 0 Å². The van der Waals surface area contributed by atoms with Crippen LogP contribution < -0.4 is 4.72 Å². The Labute approximate surface area is 187 Å². The van der Waals surface area contributed by atoms with E-state index >= 15 is 0 Å². The normalized spacial score (nSPS) is 15.9. The molecule has 0 radical (unpaired) electrons. The van der Waals surface area contributed by atoms with E-state index in [1.54, 1.807) is 28.5 Å². The molecule has 10 heteroatoms. The number of aromatic amines is 1. The minimum Gasteiger partial charge on any atom is -0.361 e. The summed E-state index contributed by atoms with van der Waals surface area (Å²) in [6.07, 6.45) is 4.55. The highest BCUT2D eigenvalue weighted by atomic mass is 32.2.